The molecule has 0 N–H and O–H groups in total. The van der Waals surface area contributed by atoms with Gasteiger partial charge in [-0.05, 0) is 0 Å². The van der Waals surface area contributed by atoms with Gasteiger partial charge in [-0.1, -0.05) is 34.6 Å². The molecule has 0 atom stereocenters. The van der Waals surface area contributed by atoms with Crippen LogP contribution in [0.5, 0.6) is 0 Å². The molecule has 1 rings (SSSR count). The summed E-state index contributed by atoms with van der Waals surface area (Å²) in [4.78, 5) is 0. The molecule has 0 aromatic heterocycles. The van der Waals surface area contributed by atoms with E-state index in [2.05, 4.69) is 44.3 Å². The Morgan fingerprint density at radius 2 is 1.17 bits per heavy atom. The molecule has 2 heteroatoms. The predicted molar refractivity (Wildman–Crippen MR) is 51.6 cm³/mol. The van der Waals surface area contributed by atoms with Gasteiger partial charge in [0.1, 0.15) is 0 Å². The summed E-state index contributed by atoms with van der Waals surface area (Å²) in [6.07, 6.45) is 0. The Labute approximate surface area is 89.4 Å². The molecule has 70 valence electrons. The van der Waals surface area contributed by atoms with Crippen LogP contribution in [0, 0.1) is 34.6 Å². The Bertz CT molecular complexity index is 181. The molecule has 0 nitrogen and oxygen atoms in total. The Hall–Kier alpha value is 0.263. The van der Waals surface area contributed by atoms with Crippen LogP contribution in [0.15, 0.2) is 0 Å². The summed E-state index contributed by atoms with van der Waals surface area (Å²) in [6.45, 7) is 11.0. The van der Waals surface area contributed by atoms with Crippen molar-refractivity contribution >= 4 is 9.69 Å². The molecule has 0 saturated carbocycles. The average molecular weight is 274 g/mol. The van der Waals surface area contributed by atoms with E-state index >= 15 is 0 Å². The molecule has 0 spiro atoms. The summed E-state index contributed by atoms with van der Waals surface area (Å²) < 4.78 is 0. The van der Waals surface area contributed by atoms with Gasteiger partial charge >= 0.3 is 27.0 Å². The summed E-state index contributed by atoms with van der Waals surface area (Å²) in [5, 5.41) is 0. The quantitative estimate of drug-likeness (QED) is 0.500. The third-order valence-electron chi connectivity index (χ3n) is 2.81. The molecule has 0 saturated heterocycles. The van der Waals surface area contributed by atoms with Crippen molar-refractivity contribution in [3.05, 3.63) is 27.8 Å². The first-order chi connectivity index (χ1) is 5.55. The van der Waals surface area contributed by atoms with Crippen LogP contribution in [0.4, 0.5) is 0 Å². The molecule has 0 heterocycles. The summed E-state index contributed by atoms with van der Waals surface area (Å²) in [5.74, 6) is 0. The third-order valence-corrected chi connectivity index (χ3v) is 2.81. The Morgan fingerprint density at radius 3 is 1.25 bits per heavy atom. The summed E-state index contributed by atoms with van der Waals surface area (Å²) >= 11 is 2.02. The molecule has 0 aliphatic heterocycles. The molecule has 1 aromatic rings. The number of halogens is 1. The molecule has 1 aromatic carbocycles. The third kappa shape index (κ3) is 2.14. The molecular formula is C10H15ClRh+. The molecule has 0 unspecified atom stereocenters. The predicted octanol–water partition coefficient (Wildman–Crippen LogP) is 3.63. The zero-order valence-corrected chi connectivity index (χ0v) is 10.6. The van der Waals surface area contributed by atoms with Crippen LogP contribution in [0.2, 0.25) is 0 Å². The molecule has 12 heavy (non-hydrogen) atoms. The first-order valence-electron chi connectivity index (χ1n) is 3.88. The van der Waals surface area contributed by atoms with Crippen LogP contribution >= 0.6 is 9.69 Å². The summed E-state index contributed by atoms with van der Waals surface area (Å²) in [6, 6.07) is 0. The van der Waals surface area contributed by atoms with Crippen molar-refractivity contribution < 1.29 is 17.3 Å². The van der Waals surface area contributed by atoms with Crippen molar-refractivity contribution in [3.8, 4) is 0 Å². The van der Waals surface area contributed by atoms with E-state index in [9.17, 15) is 0 Å². The van der Waals surface area contributed by atoms with Gasteiger partial charge in [-0.3, -0.25) is 0 Å². The van der Waals surface area contributed by atoms with E-state index in [-0.39, 0.29) is 0 Å². The fourth-order valence-electron chi connectivity index (χ4n) is 1.41. The fraction of sp³-hybridized carbons (Fsp3) is 0.500. The topological polar surface area (TPSA) is 0 Å². The van der Waals surface area contributed by atoms with Crippen LogP contribution in [-0.4, -0.2) is 0 Å². The van der Waals surface area contributed by atoms with E-state index < -0.39 is 0 Å². The maximum atomic E-state index is 4.53. The Kier molecular flexibility index (Phi) is 5.20. The van der Waals surface area contributed by atoms with E-state index in [1.54, 1.807) is 0 Å². The maximum absolute atomic E-state index is 4.53. The van der Waals surface area contributed by atoms with Gasteiger partial charge in [-0.15, -0.1) is 0 Å². The molecule has 0 amide bonds. The number of hydrogen-bond donors (Lipinski definition) is 0. The summed E-state index contributed by atoms with van der Waals surface area (Å²) in [7, 11) is 4.53. The first-order valence-corrected chi connectivity index (χ1v) is 5.99. The van der Waals surface area contributed by atoms with E-state index in [0.717, 1.165) is 0 Å². The summed E-state index contributed by atoms with van der Waals surface area (Å²) in [5.41, 5.74) is 7.34. The van der Waals surface area contributed by atoms with Crippen LogP contribution in [0.1, 0.15) is 27.8 Å². The molecule has 0 aliphatic carbocycles. The van der Waals surface area contributed by atoms with Crippen molar-refractivity contribution in [1.82, 2.24) is 0 Å². The van der Waals surface area contributed by atoms with Crippen molar-refractivity contribution in [2.75, 3.05) is 0 Å². The molecule has 0 radical (unpaired) electrons. The van der Waals surface area contributed by atoms with Gasteiger partial charge in [0.2, 0.25) is 0 Å². The zero-order chi connectivity index (χ0) is 9.89. The van der Waals surface area contributed by atoms with Gasteiger partial charge in [0.05, 0.1) is 0 Å². The second-order valence-corrected chi connectivity index (χ2v) is 3.12. The van der Waals surface area contributed by atoms with E-state index in [4.69, 9.17) is 0 Å². The van der Waals surface area contributed by atoms with Crippen LogP contribution < -0.4 is 0 Å². The van der Waals surface area contributed by atoms with Gasteiger partial charge in [0.25, 0.3) is 0 Å². The first kappa shape index (κ1) is 12.3. The standard InChI is InChI=1S/C10H15.ClH.Rh/c1-6-7(2)9(4)10(5)8(6)3;;/h1-5H3;1H;/q-1;;+3/p-1. The normalized spacial score (nSPS) is 9.25. The minimum atomic E-state index is 1.47. The minimum absolute atomic E-state index is 1.47. The SMILES string of the molecule is Cc1c(C)c(C)[c-](C)c1C.[Cl][Rh+2]. The van der Waals surface area contributed by atoms with E-state index in [0.29, 0.717) is 0 Å². The van der Waals surface area contributed by atoms with Crippen molar-refractivity contribution in [2.24, 2.45) is 0 Å². The van der Waals surface area contributed by atoms with Gasteiger partial charge in [0, 0.05) is 0 Å². The zero-order valence-electron chi connectivity index (χ0n) is 8.21. The average Bonchev–Trinajstić information content (AvgIpc) is 2.27. The molecular weight excluding hydrogens is 258 g/mol. The van der Waals surface area contributed by atoms with Crippen LogP contribution in [-0.2, 0) is 17.3 Å². The van der Waals surface area contributed by atoms with Gasteiger partial charge in [-0.25, -0.2) is 0 Å². The van der Waals surface area contributed by atoms with Crippen LogP contribution in [0.3, 0.4) is 0 Å². The van der Waals surface area contributed by atoms with Crippen molar-refractivity contribution in [2.45, 2.75) is 34.6 Å². The van der Waals surface area contributed by atoms with Gasteiger partial charge < -0.3 is 0 Å². The van der Waals surface area contributed by atoms with Gasteiger partial charge in [0.15, 0.2) is 0 Å². The van der Waals surface area contributed by atoms with E-state index in [1.807, 2.05) is 17.3 Å². The molecule has 0 bridgehead atoms. The second kappa shape index (κ2) is 5.09. The fourth-order valence-corrected chi connectivity index (χ4v) is 1.41. The Morgan fingerprint density at radius 1 is 0.917 bits per heavy atom. The number of hydrogen-bond acceptors (Lipinski definition) is 0. The molecule has 0 fully saturated rings. The second-order valence-electron chi connectivity index (χ2n) is 3.12. The van der Waals surface area contributed by atoms with E-state index in [1.165, 1.54) is 27.8 Å². The number of rotatable bonds is 0. The molecule has 0 aliphatic rings. The van der Waals surface area contributed by atoms with Crippen molar-refractivity contribution in [1.29, 1.82) is 0 Å². The Balaban J connectivity index is 0.000000561. The van der Waals surface area contributed by atoms with Crippen molar-refractivity contribution in [3.63, 3.8) is 0 Å². The monoisotopic (exact) mass is 273 g/mol. The van der Waals surface area contributed by atoms with Crippen LogP contribution in [0.25, 0.3) is 0 Å². The van der Waals surface area contributed by atoms with Gasteiger partial charge in [-0.2, -0.15) is 27.8 Å².